The Labute approximate surface area is 243 Å². The molecule has 0 bridgehead atoms. The van der Waals surface area contributed by atoms with Gasteiger partial charge in [0.15, 0.2) is 0 Å². The second-order valence-electron chi connectivity index (χ2n) is 10.7. The number of amides is 1. The number of carbonyl (C=O) groups excluding carboxylic acids is 1. The lowest BCUT2D eigenvalue weighted by Gasteiger charge is -2.34. The van der Waals surface area contributed by atoms with Gasteiger partial charge in [-0.2, -0.15) is 0 Å². The zero-order chi connectivity index (χ0) is 29.2. The van der Waals surface area contributed by atoms with E-state index in [1.165, 1.54) is 19.3 Å². The fraction of sp³-hybridized carbons (Fsp3) is 0.364. The number of amidine groups is 1. The first-order chi connectivity index (χ1) is 19.9. The van der Waals surface area contributed by atoms with Crippen LogP contribution >= 0.6 is 0 Å². The van der Waals surface area contributed by atoms with Crippen LogP contribution in [0.2, 0.25) is 0 Å². The Morgan fingerprint density at radius 3 is 2.49 bits per heavy atom. The van der Waals surface area contributed by atoms with E-state index in [1.54, 1.807) is 19.2 Å². The number of benzene rings is 2. The average Bonchev–Trinajstić information content (AvgIpc) is 2.93. The summed E-state index contributed by atoms with van der Waals surface area (Å²) < 4.78 is 5.90. The van der Waals surface area contributed by atoms with E-state index in [0.29, 0.717) is 47.6 Å². The van der Waals surface area contributed by atoms with Crippen molar-refractivity contribution < 1.29 is 9.53 Å². The van der Waals surface area contributed by atoms with Crippen LogP contribution in [0.1, 0.15) is 44.6 Å². The lowest BCUT2D eigenvalue weighted by Crippen LogP contribution is -2.42. The summed E-state index contributed by atoms with van der Waals surface area (Å²) in [5.74, 6) is 1.92. The van der Waals surface area contributed by atoms with Crippen molar-refractivity contribution in [2.24, 2.45) is 10.7 Å². The van der Waals surface area contributed by atoms with Gasteiger partial charge in [0.2, 0.25) is 5.91 Å². The number of carbonyl (C=O) groups is 1. The van der Waals surface area contributed by atoms with E-state index in [0.717, 1.165) is 25.1 Å². The molecule has 216 valence electrons. The van der Waals surface area contributed by atoms with E-state index in [9.17, 15) is 4.79 Å². The topological polar surface area (TPSA) is 107 Å². The van der Waals surface area contributed by atoms with E-state index >= 15 is 0 Å². The van der Waals surface area contributed by atoms with E-state index < -0.39 is 0 Å². The zero-order valence-electron chi connectivity index (χ0n) is 24.2. The number of hydrogen-bond acceptors (Lipinski definition) is 6. The Hall–Kier alpha value is -4.17. The largest absolute Gasteiger partial charge is 0.457 e. The molecule has 8 nitrogen and oxygen atoms in total. The Morgan fingerprint density at radius 1 is 1.15 bits per heavy atom. The first kappa shape index (κ1) is 29.8. The Kier molecular flexibility index (Phi) is 10.5. The van der Waals surface area contributed by atoms with Gasteiger partial charge in [-0.15, -0.1) is 0 Å². The van der Waals surface area contributed by atoms with E-state index in [2.05, 4.69) is 23.8 Å². The highest BCUT2D eigenvalue weighted by Gasteiger charge is 2.25. The molecule has 0 radical (unpaired) electrons. The summed E-state index contributed by atoms with van der Waals surface area (Å²) in [4.78, 5) is 22.1. The van der Waals surface area contributed by atoms with Gasteiger partial charge in [0.25, 0.3) is 0 Å². The highest BCUT2D eigenvalue weighted by Crippen LogP contribution is 2.24. The molecule has 1 saturated heterocycles. The van der Waals surface area contributed by atoms with Gasteiger partial charge < -0.3 is 20.7 Å². The van der Waals surface area contributed by atoms with E-state index in [-0.39, 0.29) is 17.7 Å². The number of likely N-dealkylation sites (tertiary alicyclic amines) is 1. The number of likely N-dealkylation sites (N-methyl/N-ethyl adjacent to an activating group) is 1. The predicted molar refractivity (Wildman–Crippen MR) is 166 cm³/mol. The van der Waals surface area contributed by atoms with Gasteiger partial charge in [0.05, 0.1) is 17.3 Å². The Morgan fingerprint density at radius 2 is 1.85 bits per heavy atom. The number of hydrogen-bond donors (Lipinski definition) is 3. The standard InChI is InChI=1S/C33H42N6O2/c1-4-36-33(37-26-11-9-22-39(23-26)30(40)16-10-21-38(3)27-12-8-13-27)31(24(2)34)32(35)25-17-19-29(20-18-25)41-28-14-6-5-7-15-28/h4-7,10,14-20,26-27,35H,1,8-9,11-13,21-23,34H2,2-3H3,(H,36,37)/b16-10+,31-24+,35-32?. The molecule has 1 saturated carbocycles. The maximum Gasteiger partial charge on any atom is 0.246 e. The van der Waals surface area contributed by atoms with Crippen molar-refractivity contribution in [1.29, 1.82) is 5.41 Å². The predicted octanol–water partition coefficient (Wildman–Crippen LogP) is 5.24. The van der Waals surface area contributed by atoms with Gasteiger partial charge in [-0.25, -0.2) is 0 Å². The minimum atomic E-state index is -0.120. The molecule has 2 fully saturated rings. The molecular weight excluding hydrogens is 512 g/mol. The van der Waals surface area contributed by atoms with Crippen LogP contribution in [0.25, 0.3) is 0 Å². The number of nitrogens with two attached hydrogens (primary N) is 1. The summed E-state index contributed by atoms with van der Waals surface area (Å²) in [7, 11) is 2.12. The van der Waals surface area contributed by atoms with Crippen LogP contribution in [0.4, 0.5) is 0 Å². The first-order valence-corrected chi connectivity index (χ1v) is 14.4. The van der Waals surface area contributed by atoms with Crippen molar-refractivity contribution in [2.45, 2.75) is 51.1 Å². The number of piperidine rings is 1. The smallest absolute Gasteiger partial charge is 0.246 e. The SMILES string of the molecule is C=CNC(=NC1CCCN(C(=O)/C=C/CN(C)C2CCC2)C1)/C(C(=N)c1ccc(Oc2ccccc2)cc1)=C(\C)N. The lowest BCUT2D eigenvalue weighted by atomic mass is 9.92. The number of aliphatic imine (C=N–C) groups is 1. The maximum absolute atomic E-state index is 12.9. The molecule has 1 atom stereocenters. The fourth-order valence-corrected chi connectivity index (χ4v) is 5.08. The molecule has 4 N–H and O–H groups in total. The molecule has 41 heavy (non-hydrogen) atoms. The second-order valence-corrected chi connectivity index (χ2v) is 10.7. The van der Waals surface area contributed by atoms with E-state index in [4.69, 9.17) is 20.9 Å². The molecule has 2 aromatic rings. The number of rotatable bonds is 11. The second kappa shape index (κ2) is 14.5. The van der Waals surface area contributed by atoms with Crippen molar-refractivity contribution in [3.8, 4) is 11.5 Å². The minimum Gasteiger partial charge on any atom is -0.457 e. The highest BCUT2D eigenvalue weighted by atomic mass is 16.5. The summed E-state index contributed by atoms with van der Waals surface area (Å²) in [6.07, 6.45) is 10.7. The van der Waals surface area contributed by atoms with Gasteiger partial charge in [-0.05, 0) is 82.3 Å². The third-order valence-electron chi connectivity index (χ3n) is 7.61. The van der Waals surface area contributed by atoms with Crippen molar-refractivity contribution in [3.05, 3.63) is 96.4 Å². The van der Waals surface area contributed by atoms with Gasteiger partial charge in [-0.3, -0.25) is 20.1 Å². The van der Waals surface area contributed by atoms with E-state index in [1.807, 2.05) is 65.6 Å². The molecule has 2 aliphatic rings. The lowest BCUT2D eigenvalue weighted by molar-refractivity contribution is -0.127. The van der Waals surface area contributed by atoms with Crippen molar-refractivity contribution in [3.63, 3.8) is 0 Å². The molecule has 8 heteroatoms. The number of nitrogens with one attached hydrogen (secondary N) is 2. The molecule has 1 heterocycles. The third-order valence-corrected chi connectivity index (χ3v) is 7.61. The Bertz CT molecular complexity index is 1290. The normalized spacial score (nSPS) is 18.6. The quantitative estimate of drug-likeness (QED) is 0.200. The van der Waals surface area contributed by atoms with Crippen LogP contribution in [-0.4, -0.2) is 66.0 Å². The van der Waals surface area contributed by atoms with Crippen LogP contribution in [-0.2, 0) is 4.79 Å². The molecule has 2 aromatic carbocycles. The average molecular weight is 555 g/mol. The maximum atomic E-state index is 12.9. The van der Waals surface area contributed by atoms with Gasteiger partial charge in [-0.1, -0.05) is 37.3 Å². The molecular formula is C33H42N6O2. The van der Waals surface area contributed by atoms with Gasteiger partial charge in [0.1, 0.15) is 17.3 Å². The van der Waals surface area contributed by atoms with Crippen molar-refractivity contribution >= 4 is 17.5 Å². The molecule has 1 amide bonds. The monoisotopic (exact) mass is 554 g/mol. The van der Waals surface area contributed by atoms with Crippen LogP contribution in [0.5, 0.6) is 11.5 Å². The van der Waals surface area contributed by atoms with Crippen LogP contribution < -0.4 is 15.8 Å². The van der Waals surface area contributed by atoms with Crippen molar-refractivity contribution in [2.75, 3.05) is 26.7 Å². The summed E-state index contributed by atoms with van der Waals surface area (Å²) in [5.41, 5.74) is 8.21. The Balaban J connectivity index is 1.44. The number of ether oxygens (including phenoxy) is 1. The number of allylic oxidation sites excluding steroid dienone is 1. The fourth-order valence-electron chi connectivity index (χ4n) is 5.08. The molecule has 1 aliphatic carbocycles. The summed E-state index contributed by atoms with van der Waals surface area (Å²) in [6.45, 7) is 7.58. The number of para-hydroxylation sites is 1. The van der Waals surface area contributed by atoms with Crippen LogP contribution in [0.3, 0.4) is 0 Å². The third kappa shape index (κ3) is 8.17. The van der Waals surface area contributed by atoms with Crippen molar-refractivity contribution in [1.82, 2.24) is 15.1 Å². The molecule has 0 aromatic heterocycles. The van der Waals surface area contributed by atoms with Gasteiger partial charge >= 0.3 is 0 Å². The number of nitrogens with zero attached hydrogens (tertiary/aromatic N) is 3. The van der Waals surface area contributed by atoms with Crippen LogP contribution in [0.15, 0.2) is 95.8 Å². The molecule has 4 rings (SSSR count). The summed E-state index contributed by atoms with van der Waals surface area (Å²) >= 11 is 0. The first-order valence-electron chi connectivity index (χ1n) is 14.4. The van der Waals surface area contributed by atoms with Crippen LogP contribution in [0, 0.1) is 5.41 Å². The van der Waals surface area contributed by atoms with Gasteiger partial charge in [0, 0.05) is 43.0 Å². The highest BCUT2D eigenvalue weighted by molar-refractivity contribution is 6.29. The minimum absolute atomic E-state index is 0.0152. The zero-order valence-corrected chi connectivity index (χ0v) is 24.2. The molecule has 1 unspecified atom stereocenters. The molecule has 1 aliphatic heterocycles. The molecule has 0 spiro atoms. The summed E-state index contributed by atoms with van der Waals surface area (Å²) in [5, 5.41) is 12.1. The summed E-state index contributed by atoms with van der Waals surface area (Å²) in [6, 6.07) is 17.4.